The van der Waals surface area contributed by atoms with E-state index < -0.39 is 5.97 Å². The summed E-state index contributed by atoms with van der Waals surface area (Å²) in [5, 5.41) is 17.9. The van der Waals surface area contributed by atoms with Gasteiger partial charge < -0.3 is 14.6 Å². The summed E-state index contributed by atoms with van der Waals surface area (Å²) in [6, 6.07) is 5.48. The van der Waals surface area contributed by atoms with E-state index in [1.54, 1.807) is 14.2 Å². The van der Waals surface area contributed by atoms with E-state index in [1.165, 1.54) is 0 Å². The Hall–Kier alpha value is -2.22. The molecule has 0 unspecified atom stereocenters. The van der Waals surface area contributed by atoms with Crippen LogP contribution in [0.15, 0.2) is 23.4 Å². The highest BCUT2D eigenvalue weighted by atomic mass is 32.2. The topological polar surface area (TPSA) is 86.5 Å². The molecule has 0 spiro atoms. The van der Waals surface area contributed by atoms with Crippen LogP contribution in [0.5, 0.6) is 11.5 Å². The van der Waals surface area contributed by atoms with E-state index in [2.05, 4.69) is 10.2 Å². The van der Waals surface area contributed by atoms with Crippen molar-refractivity contribution in [2.45, 2.75) is 23.9 Å². The smallest absolute Gasteiger partial charge is 0.313 e. The molecule has 7 nitrogen and oxygen atoms in total. The van der Waals surface area contributed by atoms with Crippen LogP contribution in [0.3, 0.4) is 0 Å². The molecule has 1 aliphatic rings. The molecule has 23 heavy (non-hydrogen) atoms. The zero-order chi connectivity index (χ0) is 16.4. The minimum atomic E-state index is -0.893. The molecule has 0 aliphatic heterocycles. The number of aromatic nitrogens is 3. The lowest BCUT2D eigenvalue weighted by molar-refractivity contribution is -0.133. The zero-order valence-corrected chi connectivity index (χ0v) is 13.7. The third kappa shape index (κ3) is 3.26. The van der Waals surface area contributed by atoms with E-state index >= 15 is 0 Å². The van der Waals surface area contributed by atoms with Gasteiger partial charge in [0.15, 0.2) is 5.16 Å². The van der Waals surface area contributed by atoms with Gasteiger partial charge in [0.1, 0.15) is 17.3 Å². The lowest BCUT2D eigenvalue weighted by atomic mass is 10.2. The lowest BCUT2D eigenvalue weighted by Crippen LogP contribution is -2.06. The fourth-order valence-electron chi connectivity index (χ4n) is 2.30. The number of methoxy groups -OCH3 is 2. The van der Waals surface area contributed by atoms with E-state index in [0.29, 0.717) is 22.6 Å². The van der Waals surface area contributed by atoms with Crippen molar-refractivity contribution in [2.75, 3.05) is 20.0 Å². The molecule has 2 aromatic rings. The fourth-order valence-corrected chi connectivity index (χ4v) is 2.98. The normalized spacial score (nSPS) is 13.8. The van der Waals surface area contributed by atoms with Crippen LogP contribution in [-0.4, -0.2) is 45.8 Å². The predicted molar refractivity (Wildman–Crippen MR) is 84.8 cm³/mol. The first-order chi connectivity index (χ1) is 11.1. The molecule has 8 heteroatoms. The number of rotatable bonds is 7. The summed E-state index contributed by atoms with van der Waals surface area (Å²) in [6.07, 6.45) is 2.13. The van der Waals surface area contributed by atoms with Crippen molar-refractivity contribution in [3.05, 3.63) is 24.0 Å². The van der Waals surface area contributed by atoms with Crippen LogP contribution in [0.4, 0.5) is 0 Å². The average Bonchev–Trinajstić information content (AvgIpc) is 3.32. The number of thioether (sulfide) groups is 1. The Bertz CT molecular complexity index is 728. The van der Waals surface area contributed by atoms with Crippen LogP contribution in [0, 0.1) is 0 Å². The molecule has 1 fully saturated rings. The van der Waals surface area contributed by atoms with Crippen LogP contribution in [0.1, 0.15) is 24.6 Å². The second-order valence-corrected chi connectivity index (χ2v) is 6.11. The Kier molecular flexibility index (Phi) is 4.42. The van der Waals surface area contributed by atoms with Gasteiger partial charge in [0.2, 0.25) is 0 Å². The van der Waals surface area contributed by atoms with Crippen LogP contribution >= 0.6 is 11.8 Å². The van der Waals surface area contributed by atoms with Gasteiger partial charge in [-0.3, -0.25) is 9.36 Å². The van der Waals surface area contributed by atoms with Gasteiger partial charge >= 0.3 is 5.97 Å². The SMILES string of the molecule is COc1ccc(OC)c(-n2c(SCC(=O)O)nnc2C2CC2)c1. The van der Waals surface area contributed by atoms with Crippen molar-refractivity contribution in [2.24, 2.45) is 0 Å². The van der Waals surface area contributed by atoms with Gasteiger partial charge in [-0.05, 0) is 25.0 Å². The van der Waals surface area contributed by atoms with E-state index in [-0.39, 0.29) is 5.75 Å². The summed E-state index contributed by atoms with van der Waals surface area (Å²) < 4.78 is 12.6. The minimum absolute atomic E-state index is 0.0743. The summed E-state index contributed by atoms with van der Waals surface area (Å²) in [5.74, 6) is 1.57. The monoisotopic (exact) mass is 335 g/mol. The third-order valence-electron chi connectivity index (χ3n) is 3.55. The van der Waals surface area contributed by atoms with Gasteiger partial charge in [0, 0.05) is 12.0 Å². The Balaban J connectivity index is 2.09. The first-order valence-electron chi connectivity index (χ1n) is 7.16. The van der Waals surface area contributed by atoms with Crippen molar-refractivity contribution >= 4 is 17.7 Å². The van der Waals surface area contributed by atoms with Crippen LogP contribution in [0.25, 0.3) is 5.69 Å². The van der Waals surface area contributed by atoms with Gasteiger partial charge in [0.05, 0.1) is 25.7 Å². The molecule has 1 aromatic carbocycles. The molecule has 3 rings (SSSR count). The predicted octanol–water partition coefficient (Wildman–Crippen LogP) is 2.34. The van der Waals surface area contributed by atoms with Crippen molar-refractivity contribution in [3.63, 3.8) is 0 Å². The number of nitrogens with zero attached hydrogens (tertiary/aromatic N) is 3. The first kappa shape index (κ1) is 15.7. The molecular formula is C15H17N3O4S. The average molecular weight is 335 g/mol. The molecule has 0 atom stereocenters. The van der Waals surface area contributed by atoms with Crippen LogP contribution in [-0.2, 0) is 4.79 Å². The summed E-state index contributed by atoms with van der Waals surface area (Å²) in [4.78, 5) is 10.9. The highest BCUT2D eigenvalue weighted by Crippen LogP contribution is 2.42. The van der Waals surface area contributed by atoms with Crippen LogP contribution in [0.2, 0.25) is 0 Å². The maximum atomic E-state index is 10.9. The molecule has 1 saturated carbocycles. The van der Waals surface area contributed by atoms with Gasteiger partial charge in [-0.15, -0.1) is 10.2 Å². The largest absolute Gasteiger partial charge is 0.497 e. The first-order valence-corrected chi connectivity index (χ1v) is 8.15. The molecule has 0 bridgehead atoms. The zero-order valence-electron chi connectivity index (χ0n) is 12.9. The van der Waals surface area contributed by atoms with Gasteiger partial charge in [-0.25, -0.2) is 0 Å². The number of hydrogen-bond acceptors (Lipinski definition) is 6. The standard InChI is InChI=1S/C15H17N3O4S/c1-21-10-5-6-12(22-2)11(7-10)18-14(9-3-4-9)16-17-15(18)23-8-13(19)20/h5-7,9H,3-4,8H2,1-2H3,(H,19,20). The maximum Gasteiger partial charge on any atom is 0.313 e. The Labute approximate surface area is 137 Å². The van der Waals surface area contributed by atoms with Crippen molar-refractivity contribution < 1.29 is 19.4 Å². The van der Waals surface area contributed by atoms with Crippen molar-refractivity contribution in [1.29, 1.82) is 0 Å². The highest BCUT2D eigenvalue weighted by Gasteiger charge is 2.32. The molecule has 0 radical (unpaired) electrons. The molecule has 1 aromatic heterocycles. The number of carboxylic acids is 1. The molecule has 0 amide bonds. The molecule has 1 aliphatic carbocycles. The molecule has 122 valence electrons. The lowest BCUT2D eigenvalue weighted by Gasteiger charge is -2.14. The van der Waals surface area contributed by atoms with Crippen molar-refractivity contribution in [1.82, 2.24) is 14.8 Å². The Morgan fingerprint density at radius 3 is 2.74 bits per heavy atom. The van der Waals surface area contributed by atoms with Crippen LogP contribution < -0.4 is 9.47 Å². The third-order valence-corrected chi connectivity index (χ3v) is 4.47. The molecule has 1 N–H and O–H groups in total. The van der Waals surface area contributed by atoms with Gasteiger partial charge in [-0.2, -0.15) is 0 Å². The second kappa shape index (κ2) is 6.49. The molecule has 0 saturated heterocycles. The Morgan fingerprint density at radius 2 is 2.13 bits per heavy atom. The number of hydrogen-bond donors (Lipinski definition) is 1. The second-order valence-electron chi connectivity index (χ2n) is 5.17. The maximum absolute atomic E-state index is 10.9. The van der Waals surface area contributed by atoms with E-state index in [9.17, 15) is 4.79 Å². The summed E-state index contributed by atoms with van der Waals surface area (Å²) in [5.41, 5.74) is 0.756. The molecular weight excluding hydrogens is 318 g/mol. The van der Waals surface area contributed by atoms with Crippen molar-refractivity contribution in [3.8, 4) is 17.2 Å². The number of ether oxygens (including phenoxy) is 2. The number of carboxylic acid groups (broad SMARTS) is 1. The number of carbonyl (C=O) groups is 1. The minimum Gasteiger partial charge on any atom is -0.497 e. The van der Waals surface area contributed by atoms with E-state index in [4.69, 9.17) is 14.6 Å². The molecule has 1 heterocycles. The summed E-state index contributed by atoms with van der Waals surface area (Å²) in [6.45, 7) is 0. The van der Waals surface area contributed by atoms with Gasteiger partial charge in [-0.1, -0.05) is 11.8 Å². The number of aliphatic carboxylic acids is 1. The van der Waals surface area contributed by atoms with E-state index in [1.807, 2.05) is 22.8 Å². The highest BCUT2D eigenvalue weighted by molar-refractivity contribution is 7.99. The summed E-state index contributed by atoms with van der Waals surface area (Å²) >= 11 is 1.14. The quantitative estimate of drug-likeness (QED) is 0.777. The fraction of sp³-hybridized carbons (Fsp3) is 0.400. The summed E-state index contributed by atoms with van der Waals surface area (Å²) in [7, 11) is 3.19. The van der Waals surface area contributed by atoms with Gasteiger partial charge in [0.25, 0.3) is 0 Å². The number of benzene rings is 1. The van der Waals surface area contributed by atoms with E-state index in [0.717, 1.165) is 36.1 Å². The Morgan fingerprint density at radius 1 is 1.35 bits per heavy atom.